The Kier molecular flexibility index (Phi) is 5.36. The van der Waals surface area contributed by atoms with Crippen LogP contribution in [0.5, 0.6) is 17.4 Å². The molecule has 0 radical (unpaired) electrons. The van der Waals surface area contributed by atoms with Crippen LogP contribution in [0, 0.1) is 10.1 Å². The smallest absolute Gasteiger partial charge is 0.293 e. The van der Waals surface area contributed by atoms with Crippen molar-refractivity contribution >= 4 is 21.4 Å². The van der Waals surface area contributed by atoms with Crippen LogP contribution in [0.15, 0.2) is 66.0 Å². The number of sulfonamides is 1. The second-order valence-corrected chi connectivity index (χ2v) is 7.02. The largest absolute Gasteiger partial charge is 0.497 e. The zero-order chi connectivity index (χ0) is 20.1. The molecule has 0 saturated heterocycles. The van der Waals surface area contributed by atoms with E-state index >= 15 is 0 Å². The average molecular weight is 402 g/mol. The monoisotopic (exact) mass is 402 g/mol. The standard InChI is InChI=1S/C17H14N4O6S/c1-26-13-5-6-16(15(10-13)21(22)23)28(24,25)20-12-3-2-4-14(9-12)27-17-11-18-7-8-19-17/h2-11,20H,1H3. The van der Waals surface area contributed by atoms with Gasteiger partial charge in [-0.25, -0.2) is 13.4 Å². The molecule has 3 aromatic rings. The summed E-state index contributed by atoms with van der Waals surface area (Å²) in [6.07, 6.45) is 4.33. The molecule has 2 aromatic carbocycles. The van der Waals surface area contributed by atoms with Crippen molar-refractivity contribution in [3.63, 3.8) is 0 Å². The number of methoxy groups -OCH3 is 1. The Morgan fingerprint density at radius 1 is 1.11 bits per heavy atom. The molecule has 3 rings (SSSR count). The van der Waals surface area contributed by atoms with E-state index in [1.54, 1.807) is 12.1 Å². The lowest BCUT2D eigenvalue weighted by molar-refractivity contribution is -0.387. The third-order valence-electron chi connectivity index (χ3n) is 3.50. The molecule has 28 heavy (non-hydrogen) atoms. The van der Waals surface area contributed by atoms with Gasteiger partial charge in [0.25, 0.3) is 15.7 Å². The summed E-state index contributed by atoms with van der Waals surface area (Å²) in [7, 11) is -2.91. The molecule has 0 atom stereocenters. The highest BCUT2D eigenvalue weighted by Gasteiger charge is 2.26. The van der Waals surface area contributed by atoms with Gasteiger partial charge in [-0.1, -0.05) is 6.07 Å². The molecule has 1 aromatic heterocycles. The fourth-order valence-corrected chi connectivity index (χ4v) is 3.49. The zero-order valence-corrected chi connectivity index (χ0v) is 15.3. The molecule has 0 bridgehead atoms. The number of aromatic nitrogens is 2. The summed E-state index contributed by atoms with van der Waals surface area (Å²) in [4.78, 5) is 17.8. The predicted octanol–water partition coefficient (Wildman–Crippen LogP) is 2.99. The first-order valence-electron chi connectivity index (χ1n) is 7.78. The number of nitrogens with zero attached hydrogens (tertiary/aromatic N) is 3. The number of nitro groups is 1. The number of hydrogen-bond donors (Lipinski definition) is 1. The lowest BCUT2D eigenvalue weighted by atomic mass is 10.3. The van der Waals surface area contributed by atoms with Crippen molar-refractivity contribution in [3.8, 4) is 17.4 Å². The molecule has 144 valence electrons. The minimum atomic E-state index is -4.23. The van der Waals surface area contributed by atoms with Gasteiger partial charge in [-0.3, -0.25) is 19.8 Å². The van der Waals surface area contributed by atoms with Gasteiger partial charge in [-0.15, -0.1) is 0 Å². The van der Waals surface area contributed by atoms with Gasteiger partial charge in [0, 0.05) is 18.5 Å². The Labute approximate surface area is 160 Å². The molecule has 0 spiro atoms. The van der Waals surface area contributed by atoms with Gasteiger partial charge >= 0.3 is 0 Å². The molecule has 0 aliphatic rings. The number of anilines is 1. The van der Waals surface area contributed by atoms with E-state index in [0.29, 0.717) is 5.75 Å². The Morgan fingerprint density at radius 3 is 2.61 bits per heavy atom. The molecule has 0 aliphatic carbocycles. The lowest BCUT2D eigenvalue weighted by Gasteiger charge is -2.11. The van der Waals surface area contributed by atoms with Crippen molar-refractivity contribution in [2.45, 2.75) is 4.90 Å². The zero-order valence-electron chi connectivity index (χ0n) is 14.5. The lowest BCUT2D eigenvalue weighted by Crippen LogP contribution is -2.14. The summed E-state index contributed by atoms with van der Waals surface area (Å²) in [6.45, 7) is 0. The first-order valence-corrected chi connectivity index (χ1v) is 9.26. The van der Waals surface area contributed by atoms with Crippen LogP contribution in [0.25, 0.3) is 0 Å². The van der Waals surface area contributed by atoms with Crippen molar-refractivity contribution in [1.82, 2.24) is 9.97 Å². The quantitative estimate of drug-likeness (QED) is 0.471. The molecule has 11 heteroatoms. The van der Waals surface area contributed by atoms with Crippen molar-refractivity contribution in [2.75, 3.05) is 11.8 Å². The predicted molar refractivity (Wildman–Crippen MR) is 99.0 cm³/mol. The SMILES string of the molecule is COc1ccc(S(=O)(=O)Nc2cccc(Oc3cnccn3)c2)c([N+](=O)[O-])c1. The molecule has 1 heterocycles. The molecule has 0 fully saturated rings. The second-order valence-electron chi connectivity index (χ2n) is 5.37. The Balaban J connectivity index is 1.89. The number of nitro benzene ring substituents is 1. The number of nitrogens with one attached hydrogen (secondary N) is 1. The maximum atomic E-state index is 12.7. The first-order chi connectivity index (χ1) is 13.4. The number of hydrogen-bond acceptors (Lipinski definition) is 8. The van der Waals surface area contributed by atoms with Crippen LogP contribution in [0.3, 0.4) is 0 Å². The average Bonchev–Trinajstić information content (AvgIpc) is 2.68. The Morgan fingerprint density at radius 2 is 1.93 bits per heavy atom. The van der Waals surface area contributed by atoms with Crippen molar-refractivity contribution in [1.29, 1.82) is 0 Å². The molecule has 0 saturated carbocycles. The van der Waals surface area contributed by atoms with Crippen LogP contribution < -0.4 is 14.2 Å². The summed E-state index contributed by atoms with van der Waals surface area (Å²) in [5.41, 5.74) is -0.440. The van der Waals surface area contributed by atoms with Crippen molar-refractivity contribution in [3.05, 3.63) is 71.2 Å². The molecule has 1 N–H and O–H groups in total. The third-order valence-corrected chi connectivity index (χ3v) is 4.93. The number of benzene rings is 2. The highest BCUT2D eigenvalue weighted by Crippen LogP contribution is 2.30. The molecule has 0 unspecified atom stereocenters. The number of ether oxygens (including phenoxy) is 2. The summed E-state index contributed by atoms with van der Waals surface area (Å²) in [5.74, 6) is 0.711. The van der Waals surface area contributed by atoms with E-state index in [4.69, 9.17) is 9.47 Å². The van der Waals surface area contributed by atoms with Gasteiger partial charge in [-0.2, -0.15) is 0 Å². The Hall–Kier alpha value is -3.73. The van der Waals surface area contributed by atoms with Crippen LogP contribution in [0.2, 0.25) is 0 Å². The molecule has 10 nitrogen and oxygen atoms in total. The van der Waals surface area contributed by atoms with Crippen LogP contribution in [-0.4, -0.2) is 30.4 Å². The topological polar surface area (TPSA) is 134 Å². The van der Waals surface area contributed by atoms with Gasteiger partial charge < -0.3 is 9.47 Å². The van der Waals surface area contributed by atoms with Gasteiger partial charge in [0.1, 0.15) is 11.5 Å². The highest BCUT2D eigenvalue weighted by atomic mass is 32.2. The van der Waals surface area contributed by atoms with Gasteiger partial charge in [0.2, 0.25) is 5.88 Å². The summed E-state index contributed by atoms with van der Waals surface area (Å²) in [6, 6.07) is 9.54. The van der Waals surface area contributed by atoms with E-state index in [-0.39, 0.29) is 17.3 Å². The van der Waals surface area contributed by atoms with Crippen LogP contribution in [0.1, 0.15) is 0 Å². The number of rotatable bonds is 7. The normalized spacial score (nSPS) is 10.9. The van der Waals surface area contributed by atoms with Gasteiger partial charge in [-0.05, 0) is 24.3 Å². The van der Waals surface area contributed by atoms with Crippen LogP contribution in [0.4, 0.5) is 11.4 Å². The minimum Gasteiger partial charge on any atom is -0.497 e. The van der Waals surface area contributed by atoms with E-state index in [0.717, 1.165) is 12.1 Å². The highest BCUT2D eigenvalue weighted by molar-refractivity contribution is 7.92. The van der Waals surface area contributed by atoms with Crippen molar-refractivity contribution < 1.29 is 22.8 Å². The molecule has 0 amide bonds. The fraction of sp³-hybridized carbons (Fsp3) is 0.0588. The van der Waals surface area contributed by atoms with Crippen LogP contribution in [-0.2, 0) is 10.0 Å². The summed E-state index contributed by atoms with van der Waals surface area (Å²) < 4.78 is 38.1. The summed E-state index contributed by atoms with van der Waals surface area (Å²) in [5, 5.41) is 11.3. The van der Waals surface area contributed by atoms with Crippen LogP contribution >= 0.6 is 0 Å². The van der Waals surface area contributed by atoms with Gasteiger partial charge in [0.15, 0.2) is 4.90 Å². The second kappa shape index (κ2) is 7.88. The van der Waals surface area contributed by atoms with Gasteiger partial charge in [0.05, 0.1) is 30.0 Å². The maximum Gasteiger partial charge on any atom is 0.293 e. The summed E-state index contributed by atoms with van der Waals surface area (Å²) >= 11 is 0. The van der Waals surface area contributed by atoms with E-state index in [1.807, 2.05) is 0 Å². The van der Waals surface area contributed by atoms with Crippen molar-refractivity contribution in [2.24, 2.45) is 0 Å². The van der Waals surface area contributed by atoms with E-state index in [2.05, 4.69) is 14.7 Å². The fourth-order valence-electron chi connectivity index (χ4n) is 2.29. The Bertz CT molecular complexity index is 1110. The maximum absolute atomic E-state index is 12.7. The molecular weight excluding hydrogens is 388 g/mol. The van der Waals surface area contributed by atoms with E-state index in [1.165, 1.54) is 43.9 Å². The third kappa shape index (κ3) is 4.32. The molecule has 0 aliphatic heterocycles. The first kappa shape index (κ1) is 19.0. The van der Waals surface area contributed by atoms with E-state index < -0.39 is 25.5 Å². The molecular formula is C17H14N4O6S. The van der Waals surface area contributed by atoms with E-state index in [9.17, 15) is 18.5 Å². The minimum absolute atomic E-state index is 0.159.